The van der Waals surface area contributed by atoms with Crippen LogP contribution in [0.4, 0.5) is 0 Å². The van der Waals surface area contributed by atoms with E-state index in [2.05, 4.69) is 182 Å². The van der Waals surface area contributed by atoms with Crippen molar-refractivity contribution in [1.29, 1.82) is 0 Å². The van der Waals surface area contributed by atoms with Crippen LogP contribution < -0.4 is 0 Å². The molecule has 0 saturated carbocycles. The lowest BCUT2D eigenvalue weighted by Gasteiger charge is -2.18. The maximum Gasteiger partial charge on any atom is -0.00262 e. The molecule has 0 N–H and O–H groups in total. The van der Waals surface area contributed by atoms with E-state index in [9.17, 15) is 0 Å². The summed E-state index contributed by atoms with van der Waals surface area (Å²) in [5, 5.41) is 5.07. The molecule has 0 radical (unpaired) electrons. The van der Waals surface area contributed by atoms with Crippen molar-refractivity contribution in [1.82, 2.24) is 0 Å². The monoisotopic (exact) mass is 558 g/mol. The van der Waals surface area contributed by atoms with Crippen LogP contribution in [-0.2, 0) is 0 Å². The first-order valence-electron chi connectivity index (χ1n) is 15.2. The molecule has 8 aromatic carbocycles. The average Bonchev–Trinajstić information content (AvgIpc) is 3.11. The van der Waals surface area contributed by atoms with Crippen molar-refractivity contribution in [3.05, 3.63) is 182 Å². The highest BCUT2D eigenvalue weighted by Gasteiger charge is 2.17. The maximum atomic E-state index is 2.35. The minimum absolute atomic E-state index is 1.22. The van der Waals surface area contributed by atoms with E-state index in [0.717, 1.165) is 0 Å². The topological polar surface area (TPSA) is 0 Å². The molecule has 0 bridgehead atoms. The summed E-state index contributed by atoms with van der Waals surface area (Å²) < 4.78 is 0. The Morgan fingerprint density at radius 3 is 0.977 bits per heavy atom. The number of rotatable bonds is 5. The largest absolute Gasteiger partial charge is 0.0622 e. The third-order valence-corrected chi connectivity index (χ3v) is 8.67. The lowest BCUT2D eigenvalue weighted by molar-refractivity contribution is 1.58. The first-order valence-corrected chi connectivity index (χ1v) is 15.2. The van der Waals surface area contributed by atoms with Crippen LogP contribution in [0, 0.1) is 0 Å². The van der Waals surface area contributed by atoms with Gasteiger partial charge in [-0.3, -0.25) is 0 Å². The first kappa shape index (κ1) is 25.9. The van der Waals surface area contributed by atoms with E-state index in [1.165, 1.54) is 77.2 Å². The highest BCUT2D eigenvalue weighted by Crippen LogP contribution is 2.44. The molecular weight excluding hydrogens is 528 g/mol. The van der Waals surface area contributed by atoms with Gasteiger partial charge in [0, 0.05) is 0 Å². The third-order valence-electron chi connectivity index (χ3n) is 8.67. The Kier molecular flexibility index (Phi) is 6.59. The summed E-state index contributed by atoms with van der Waals surface area (Å²) in [6, 6.07) is 65.9. The minimum Gasteiger partial charge on any atom is -0.0622 e. The predicted molar refractivity (Wildman–Crippen MR) is 189 cm³/mol. The van der Waals surface area contributed by atoms with E-state index in [-0.39, 0.29) is 0 Å². The van der Waals surface area contributed by atoms with Gasteiger partial charge in [-0.1, -0.05) is 170 Å². The van der Waals surface area contributed by atoms with E-state index < -0.39 is 0 Å². The second-order valence-electron chi connectivity index (χ2n) is 11.3. The standard InChI is InChI=1S/C44H30/c1-3-13-31(14-4-1)33-25-27-34(28-26-33)43-39-21-7-9-23-41(39)44(42-24-10-8-22-40(42)43)38-20-12-19-37(30-38)36-18-11-17-35(29-36)32-15-5-2-6-16-32/h1-30H. The van der Waals surface area contributed by atoms with Gasteiger partial charge in [0.05, 0.1) is 0 Å². The Labute approximate surface area is 258 Å². The molecule has 0 unspecified atom stereocenters. The summed E-state index contributed by atoms with van der Waals surface area (Å²) in [6.45, 7) is 0. The molecule has 0 aliphatic heterocycles. The van der Waals surface area contributed by atoms with Crippen molar-refractivity contribution < 1.29 is 0 Å². The maximum absolute atomic E-state index is 2.35. The Morgan fingerprint density at radius 2 is 0.477 bits per heavy atom. The van der Waals surface area contributed by atoms with Crippen molar-refractivity contribution in [3.63, 3.8) is 0 Å². The fourth-order valence-electron chi connectivity index (χ4n) is 6.57. The van der Waals surface area contributed by atoms with Crippen molar-refractivity contribution >= 4 is 21.5 Å². The molecule has 0 spiro atoms. The van der Waals surface area contributed by atoms with Gasteiger partial charge in [-0.15, -0.1) is 0 Å². The van der Waals surface area contributed by atoms with Crippen LogP contribution >= 0.6 is 0 Å². The molecule has 0 atom stereocenters. The molecule has 8 rings (SSSR count). The van der Waals surface area contributed by atoms with Gasteiger partial charge in [0.1, 0.15) is 0 Å². The molecule has 206 valence electrons. The molecular formula is C44H30. The van der Waals surface area contributed by atoms with E-state index in [1.807, 2.05) is 0 Å². The van der Waals surface area contributed by atoms with E-state index in [4.69, 9.17) is 0 Å². The van der Waals surface area contributed by atoms with Gasteiger partial charge in [-0.05, 0) is 89.3 Å². The molecule has 0 heteroatoms. The lowest BCUT2D eigenvalue weighted by Crippen LogP contribution is -1.91. The van der Waals surface area contributed by atoms with Gasteiger partial charge >= 0.3 is 0 Å². The first-order chi connectivity index (χ1) is 21.8. The Morgan fingerprint density at radius 1 is 0.182 bits per heavy atom. The summed E-state index contributed by atoms with van der Waals surface area (Å²) in [4.78, 5) is 0. The average molecular weight is 559 g/mol. The minimum atomic E-state index is 1.22. The summed E-state index contributed by atoms with van der Waals surface area (Å²) in [5.41, 5.74) is 12.4. The van der Waals surface area contributed by atoms with Crippen LogP contribution in [0.1, 0.15) is 0 Å². The number of fused-ring (bicyclic) bond motifs is 2. The van der Waals surface area contributed by atoms with Gasteiger partial charge in [-0.25, -0.2) is 0 Å². The van der Waals surface area contributed by atoms with Crippen molar-refractivity contribution in [3.8, 4) is 55.6 Å². The smallest absolute Gasteiger partial charge is 0.00262 e. The molecule has 0 fully saturated rings. The Bertz CT molecular complexity index is 2180. The third kappa shape index (κ3) is 4.68. The molecule has 0 amide bonds. The zero-order valence-electron chi connectivity index (χ0n) is 24.3. The predicted octanol–water partition coefficient (Wildman–Crippen LogP) is 12.3. The van der Waals surface area contributed by atoms with Gasteiger partial charge in [0.2, 0.25) is 0 Å². The van der Waals surface area contributed by atoms with Gasteiger partial charge in [0.15, 0.2) is 0 Å². The van der Waals surface area contributed by atoms with Crippen LogP contribution in [0.25, 0.3) is 77.2 Å². The SMILES string of the molecule is c1ccc(-c2ccc(-c3c4ccccc4c(-c4cccc(-c5cccc(-c6ccccc6)c5)c4)c4ccccc34)cc2)cc1. The van der Waals surface area contributed by atoms with Crippen LogP contribution in [0.5, 0.6) is 0 Å². The fourth-order valence-corrected chi connectivity index (χ4v) is 6.57. The molecule has 8 aromatic rings. The number of hydrogen-bond donors (Lipinski definition) is 0. The van der Waals surface area contributed by atoms with Crippen molar-refractivity contribution in [2.45, 2.75) is 0 Å². The fraction of sp³-hybridized carbons (Fsp3) is 0. The van der Waals surface area contributed by atoms with Crippen LogP contribution in [0.3, 0.4) is 0 Å². The summed E-state index contributed by atoms with van der Waals surface area (Å²) in [6.07, 6.45) is 0. The van der Waals surface area contributed by atoms with Gasteiger partial charge in [-0.2, -0.15) is 0 Å². The van der Waals surface area contributed by atoms with Gasteiger partial charge in [0.25, 0.3) is 0 Å². The van der Waals surface area contributed by atoms with Crippen molar-refractivity contribution in [2.24, 2.45) is 0 Å². The molecule has 0 aliphatic rings. The number of benzene rings is 8. The Balaban J connectivity index is 1.30. The summed E-state index contributed by atoms with van der Waals surface area (Å²) in [5.74, 6) is 0. The van der Waals surface area contributed by atoms with Gasteiger partial charge < -0.3 is 0 Å². The zero-order valence-corrected chi connectivity index (χ0v) is 24.3. The molecule has 0 saturated heterocycles. The van der Waals surface area contributed by atoms with Crippen LogP contribution in [-0.4, -0.2) is 0 Å². The van der Waals surface area contributed by atoms with Crippen molar-refractivity contribution in [2.75, 3.05) is 0 Å². The second-order valence-corrected chi connectivity index (χ2v) is 11.3. The molecule has 0 nitrogen and oxygen atoms in total. The molecule has 0 aliphatic carbocycles. The molecule has 0 aromatic heterocycles. The van der Waals surface area contributed by atoms with Crippen LogP contribution in [0.2, 0.25) is 0 Å². The highest BCUT2D eigenvalue weighted by molar-refractivity contribution is 6.21. The second kappa shape index (κ2) is 11.2. The molecule has 0 heterocycles. The molecule has 44 heavy (non-hydrogen) atoms. The number of hydrogen-bond acceptors (Lipinski definition) is 0. The summed E-state index contributed by atoms with van der Waals surface area (Å²) >= 11 is 0. The quantitative estimate of drug-likeness (QED) is 0.184. The Hall–Kier alpha value is -5.72. The normalized spacial score (nSPS) is 11.2. The van der Waals surface area contributed by atoms with Crippen LogP contribution in [0.15, 0.2) is 182 Å². The van der Waals surface area contributed by atoms with E-state index in [0.29, 0.717) is 0 Å². The lowest BCUT2D eigenvalue weighted by atomic mass is 9.85. The van der Waals surface area contributed by atoms with E-state index in [1.54, 1.807) is 0 Å². The zero-order chi connectivity index (χ0) is 29.3. The highest BCUT2D eigenvalue weighted by atomic mass is 14.2. The van der Waals surface area contributed by atoms with E-state index >= 15 is 0 Å². The summed E-state index contributed by atoms with van der Waals surface area (Å²) in [7, 11) is 0.